The molecule has 0 atom stereocenters. The number of benzene rings is 8. The second-order valence-corrected chi connectivity index (χ2v) is 14.8. The number of rotatable bonds is 8. The van der Waals surface area contributed by atoms with Gasteiger partial charge in [-0.05, 0) is 97.1 Å². The molecule has 0 N–H and O–H groups in total. The lowest BCUT2D eigenvalue weighted by atomic mass is 10.1. The van der Waals surface area contributed by atoms with E-state index in [4.69, 9.17) is 0 Å². The minimum atomic E-state index is 0.816. The first-order valence-corrected chi connectivity index (χ1v) is 19.7. The van der Waals surface area contributed by atoms with Gasteiger partial charge in [-0.3, -0.25) is 0 Å². The minimum absolute atomic E-state index is 0.816. The van der Waals surface area contributed by atoms with Crippen molar-refractivity contribution in [3.8, 4) is 11.4 Å². The van der Waals surface area contributed by atoms with Crippen molar-refractivity contribution < 1.29 is 0 Å². The Morgan fingerprint density at radius 2 is 0.638 bits per heavy atom. The maximum Gasteiger partial charge on any atom is 0.0541 e. The van der Waals surface area contributed by atoms with E-state index in [0.29, 0.717) is 0 Å². The number of nitrogens with zero attached hydrogens (tertiary/aromatic N) is 4. The van der Waals surface area contributed by atoms with E-state index in [2.05, 4.69) is 238 Å². The molecule has 0 saturated carbocycles. The molecule has 3 heterocycles. The van der Waals surface area contributed by atoms with Crippen molar-refractivity contribution in [1.29, 1.82) is 0 Å². The molecule has 8 aromatic carbocycles. The summed E-state index contributed by atoms with van der Waals surface area (Å²) in [4.78, 5) is 2.22. The highest BCUT2D eigenvalue weighted by Gasteiger charge is 2.17. The molecular weight excluding hydrogens is 705 g/mol. The van der Waals surface area contributed by atoms with Crippen LogP contribution in [-0.2, 0) is 0 Å². The normalized spacial score (nSPS) is 11.9. The third-order valence-electron chi connectivity index (χ3n) is 11.5. The number of aromatic nitrogens is 3. The Morgan fingerprint density at radius 3 is 0.983 bits per heavy atom. The Balaban J connectivity index is 1.01. The Morgan fingerprint density at radius 1 is 0.345 bits per heavy atom. The fraction of sp³-hybridized carbons (Fsp3) is 0. The average Bonchev–Trinajstić information content (AvgIpc) is 3.92. The summed E-state index contributed by atoms with van der Waals surface area (Å²) in [5.74, 6) is 0. The van der Waals surface area contributed by atoms with E-state index in [1.807, 2.05) is 0 Å². The zero-order chi connectivity index (χ0) is 38.7. The second-order valence-electron chi connectivity index (χ2n) is 14.8. The lowest BCUT2D eigenvalue weighted by Crippen LogP contribution is -2.14. The van der Waals surface area contributed by atoms with Crippen molar-refractivity contribution in [3.63, 3.8) is 0 Å². The molecule has 0 bridgehead atoms. The van der Waals surface area contributed by atoms with Crippen LogP contribution in [0.1, 0.15) is 0 Å². The van der Waals surface area contributed by atoms with Gasteiger partial charge < -0.3 is 18.6 Å². The zero-order valence-corrected chi connectivity index (χ0v) is 31.8. The molecule has 0 saturated heterocycles. The molecule has 0 aliphatic carbocycles. The van der Waals surface area contributed by atoms with Gasteiger partial charge in [0.15, 0.2) is 0 Å². The summed E-state index contributed by atoms with van der Waals surface area (Å²) in [6, 6.07) is 69.2. The molecule has 0 amide bonds. The van der Waals surface area contributed by atoms with Gasteiger partial charge in [-0.15, -0.1) is 0 Å². The van der Waals surface area contributed by atoms with Crippen molar-refractivity contribution in [3.05, 3.63) is 225 Å². The first kappa shape index (κ1) is 33.5. The van der Waals surface area contributed by atoms with Gasteiger partial charge in [0.05, 0.1) is 33.1 Å². The molecule has 4 heteroatoms. The predicted molar refractivity (Wildman–Crippen MR) is 247 cm³/mol. The topological polar surface area (TPSA) is 18.0 Å². The first-order chi connectivity index (χ1) is 28.6. The third kappa shape index (κ3) is 5.23. The number of allylic oxidation sites excluding steroid dienone is 3. The lowest BCUT2D eigenvalue weighted by Gasteiger charge is -2.26. The van der Waals surface area contributed by atoms with Crippen LogP contribution in [0.2, 0.25) is 0 Å². The van der Waals surface area contributed by atoms with E-state index >= 15 is 0 Å². The highest BCUT2D eigenvalue weighted by atomic mass is 15.1. The minimum Gasteiger partial charge on any atom is -0.311 e. The SMILES string of the molecule is C=C(C=CC(=C)n1c2ccccc2c2ccccc21)N(c1ccc(-n2c3ccccc3c3ccccc32)cc1)c1ccc(-n2c3ccccc3c3ccccc32)cc1. The van der Waals surface area contributed by atoms with Crippen LogP contribution in [-0.4, -0.2) is 13.7 Å². The number of anilines is 2. The number of hydrogen-bond acceptors (Lipinski definition) is 1. The molecular formula is C54H38N4. The van der Waals surface area contributed by atoms with Crippen LogP contribution in [0, 0.1) is 0 Å². The molecule has 0 fully saturated rings. The standard InChI is InChI=1S/C54H38N4/c1-37(27-28-38(2)56-49-21-9-3-15-43(49)44-16-4-10-22-50(44)56)55(39-29-33-41(34-30-39)57-51-23-11-5-17-45(51)46-18-6-12-24-52(46)57)40-31-35-42(36-32-40)58-53-25-13-7-19-47(53)48-20-8-14-26-54(48)58/h3-36H,1-2H2. The monoisotopic (exact) mass is 742 g/mol. The van der Waals surface area contributed by atoms with Crippen LogP contribution in [0.15, 0.2) is 225 Å². The molecule has 0 unspecified atom stereocenters. The van der Waals surface area contributed by atoms with Crippen molar-refractivity contribution in [2.75, 3.05) is 4.90 Å². The van der Waals surface area contributed by atoms with E-state index in [9.17, 15) is 0 Å². The summed E-state index contributed by atoms with van der Waals surface area (Å²) in [6.07, 6.45) is 4.15. The van der Waals surface area contributed by atoms with Gasteiger partial charge in [0.25, 0.3) is 0 Å². The van der Waals surface area contributed by atoms with Crippen molar-refractivity contribution >= 4 is 82.5 Å². The van der Waals surface area contributed by atoms with Gasteiger partial charge in [-0.2, -0.15) is 0 Å². The van der Waals surface area contributed by atoms with Crippen LogP contribution < -0.4 is 4.90 Å². The molecule has 3 aromatic heterocycles. The molecule has 274 valence electrons. The van der Waals surface area contributed by atoms with Crippen molar-refractivity contribution in [1.82, 2.24) is 13.7 Å². The molecule has 0 aliphatic rings. The quantitative estimate of drug-likeness (QED) is 0.142. The Hall–Kier alpha value is -7.82. The zero-order valence-electron chi connectivity index (χ0n) is 31.8. The lowest BCUT2D eigenvalue weighted by molar-refractivity contribution is 1.15. The number of para-hydroxylation sites is 6. The Labute approximate surface area is 336 Å². The van der Waals surface area contributed by atoms with Crippen LogP contribution >= 0.6 is 0 Å². The van der Waals surface area contributed by atoms with E-state index in [-0.39, 0.29) is 0 Å². The van der Waals surface area contributed by atoms with Gasteiger partial charge in [-0.25, -0.2) is 0 Å². The van der Waals surface area contributed by atoms with Crippen LogP contribution in [0.4, 0.5) is 11.4 Å². The summed E-state index contributed by atoms with van der Waals surface area (Å²) in [5.41, 5.74) is 12.9. The molecule has 4 nitrogen and oxygen atoms in total. The summed E-state index contributed by atoms with van der Waals surface area (Å²) in [7, 11) is 0. The predicted octanol–water partition coefficient (Wildman–Crippen LogP) is 14.4. The van der Waals surface area contributed by atoms with E-state index in [0.717, 1.165) is 45.2 Å². The van der Waals surface area contributed by atoms with Gasteiger partial charge in [-0.1, -0.05) is 122 Å². The smallest absolute Gasteiger partial charge is 0.0541 e. The van der Waals surface area contributed by atoms with E-state index < -0.39 is 0 Å². The van der Waals surface area contributed by atoms with Crippen LogP contribution in [0.5, 0.6) is 0 Å². The molecule has 11 rings (SSSR count). The number of fused-ring (bicyclic) bond motifs is 9. The van der Waals surface area contributed by atoms with Gasteiger partial charge in [0.2, 0.25) is 0 Å². The van der Waals surface area contributed by atoms with Crippen molar-refractivity contribution in [2.24, 2.45) is 0 Å². The summed E-state index contributed by atoms with van der Waals surface area (Å²) >= 11 is 0. The fourth-order valence-electron chi connectivity index (χ4n) is 8.96. The van der Waals surface area contributed by atoms with E-state index in [1.165, 1.54) is 54.4 Å². The molecule has 11 aromatic rings. The van der Waals surface area contributed by atoms with Crippen LogP contribution in [0.25, 0.3) is 82.5 Å². The second kappa shape index (κ2) is 13.4. The Bertz CT molecular complexity index is 3110. The van der Waals surface area contributed by atoms with Gasteiger partial charge in [0, 0.05) is 66.5 Å². The molecule has 0 aliphatic heterocycles. The highest BCUT2D eigenvalue weighted by molar-refractivity contribution is 6.11. The summed E-state index contributed by atoms with van der Waals surface area (Å²) in [5, 5.41) is 7.39. The fourth-order valence-corrected chi connectivity index (χ4v) is 8.96. The van der Waals surface area contributed by atoms with Crippen LogP contribution in [0.3, 0.4) is 0 Å². The molecule has 0 spiro atoms. The number of hydrogen-bond donors (Lipinski definition) is 0. The highest BCUT2D eigenvalue weighted by Crippen LogP contribution is 2.38. The summed E-state index contributed by atoms with van der Waals surface area (Å²) in [6.45, 7) is 9.24. The maximum atomic E-state index is 4.67. The third-order valence-corrected chi connectivity index (χ3v) is 11.5. The van der Waals surface area contributed by atoms with Gasteiger partial charge in [0.1, 0.15) is 0 Å². The average molecular weight is 743 g/mol. The van der Waals surface area contributed by atoms with Gasteiger partial charge >= 0.3 is 0 Å². The Kier molecular flexibility index (Phi) is 7.76. The maximum absolute atomic E-state index is 4.67. The largest absolute Gasteiger partial charge is 0.311 e. The molecule has 0 radical (unpaired) electrons. The summed E-state index contributed by atoms with van der Waals surface area (Å²) < 4.78 is 6.94. The first-order valence-electron chi connectivity index (χ1n) is 19.7. The van der Waals surface area contributed by atoms with Crippen molar-refractivity contribution in [2.45, 2.75) is 0 Å². The van der Waals surface area contributed by atoms with E-state index in [1.54, 1.807) is 0 Å². The molecule has 58 heavy (non-hydrogen) atoms.